The van der Waals surface area contributed by atoms with Gasteiger partial charge in [-0.05, 0) is 25.1 Å². The van der Waals surface area contributed by atoms with Crippen molar-refractivity contribution in [3.8, 4) is 5.75 Å². The van der Waals surface area contributed by atoms with Gasteiger partial charge in [-0.1, -0.05) is 36.4 Å². The highest BCUT2D eigenvalue weighted by Gasteiger charge is 2.09. The second-order valence-electron chi connectivity index (χ2n) is 5.47. The van der Waals surface area contributed by atoms with Crippen LogP contribution in [-0.2, 0) is 11.8 Å². The van der Waals surface area contributed by atoms with Gasteiger partial charge in [-0.25, -0.2) is 5.43 Å². The SMILES string of the molecule is Cc1c(/C=N\NC(=O)COc2ccccc2)c2ccccc2n1C. The Labute approximate surface area is 140 Å². The predicted octanol–water partition coefficient (Wildman–Crippen LogP) is 3.02. The van der Waals surface area contributed by atoms with Gasteiger partial charge in [0.1, 0.15) is 5.75 Å². The number of amides is 1. The van der Waals surface area contributed by atoms with Gasteiger partial charge in [0.15, 0.2) is 6.61 Å². The number of aryl methyl sites for hydroxylation is 1. The van der Waals surface area contributed by atoms with E-state index >= 15 is 0 Å². The van der Waals surface area contributed by atoms with Crippen LogP contribution in [0.1, 0.15) is 11.3 Å². The van der Waals surface area contributed by atoms with Crippen LogP contribution in [-0.4, -0.2) is 23.3 Å². The maximum absolute atomic E-state index is 11.8. The molecule has 0 saturated carbocycles. The molecule has 1 N–H and O–H groups in total. The molecular formula is C19H19N3O2. The van der Waals surface area contributed by atoms with Crippen molar-refractivity contribution in [2.45, 2.75) is 6.92 Å². The van der Waals surface area contributed by atoms with Gasteiger partial charge >= 0.3 is 0 Å². The van der Waals surface area contributed by atoms with Crippen LogP contribution in [0.5, 0.6) is 5.75 Å². The summed E-state index contributed by atoms with van der Waals surface area (Å²) in [4.78, 5) is 11.8. The highest BCUT2D eigenvalue weighted by atomic mass is 16.5. The van der Waals surface area contributed by atoms with E-state index < -0.39 is 0 Å². The normalized spacial score (nSPS) is 11.1. The molecule has 24 heavy (non-hydrogen) atoms. The van der Waals surface area contributed by atoms with Crippen LogP contribution < -0.4 is 10.2 Å². The molecule has 0 fully saturated rings. The Balaban J connectivity index is 1.64. The van der Waals surface area contributed by atoms with E-state index in [9.17, 15) is 4.79 Å². The smallest absolute Gasteiger partial charge is 0.277 e. The Hall–Kier alpha value is -3.08. The molecule has 1 heterocycles. The number of ether oxygens (including phenoxy) is 1. The molecule has 0 aliphatic rings. The zero-order valence-electron chi connectivity index (χ0n) is 13.7. The number of nitrogens with one attached hydrogen (secondary N) is 1. The summed E-state index contributed by atoms with van der Waals surface area (Å²) >= 11 is 0. The summed E-state index contributed by atoms with van der Waals surface area (Å²) in [5, 5.41) is 5.17. The number of fused-ring (bicyclic) bond motifs is 1. The molecule has 2 aromatic carbocycles. The summed E-state index contributed by atoms with van der Waals surface area (Å²) in [5.74, 6) is 0.356. The summed E-state index contributed by atoms with van der Waals surface area (Å²) in [7, 11) is 2.02. The predicted molar refractivity (Wildman–Crippen MR) is 95.3 cm³/mol. The molecule has 0 saturated heterocycles. The molecule has 0 aliphatic heterocycles. The molecular weight excluding hydrogens is 302 g/mol. The number of rotatable bonds is 5. The van der Waals surface area contributed by atoms with Crippen LogP contribution in [0.2, 0.25) is 0 Å². The minimum absolute atomic E-state index is 0.0735. The zero-order chi connectivity index (χ0) is 16.9. The fourth-order valence-electron chi connectivity index (χ4n) is 2.58. The molecule has 0 aliphatic carbocycles. The first-order chi connectivity index (χ1) is 11.7. The molecule has 1 amide bonds. The third-order valence-electron chi connectivity index (χ3n) is 3.94. The van der Waals surface area contributed by atoms with Crippen LogP contribution in [0.25, 0.3) is 10.9 Å². The molecule has 0 radical (unpaired) electrons. The number of hydrazone groups is 1. The lowest BCUT2D eigenvalue weighted by atomic mass is 10.1. The number of para-hydroxylation sites is 2. The number of hydrogen-bond donors (Lipinski definition) is 1. The average molecular weight is 321 g/mol. The second-order valence-corrected chi connectivity index (χ2v) is 5.47. The first-order valence-corrected chi connectivity index (χ1v) is 7.70. The van der Waals surface area contributed by atoms with Gasteiger partial charge in [-0.15, -0.1) is 0 Å². The van der Waals surface area contributed by atoms with Crippen molar-refractivity contribution in [2.24, 2.45) is 12.1 Å². The third-order valence-corrected chi connectivity index (χ3v) is 3.94. The van der Waals surface area contributed by atoms with Crippen molar-refractivity contribution in [2.75, 3.05) is 6.61 Å². The first kappa shape index (κ1) is 15.8. The third kappa shape index (κ3) is 3.30. The number of hydrogen-bond acceptors (Lipinski definition) is 3. The molecule has 0 unspecified atom stereocenters. The van der Waals surface area contributed by atoms with Gasteiger partial charge in [-0.3, -0.25) is 4.79 Å². The fraction of sp³-hybridized carbons (Fsp3) is 0.158. The molecule has 3 aromatic rings. The van der Waals surface area contributed by atoms with Crippen LogP contribution in [0, 0.1) is 6.92 Å². The van der Waals surface area contributed by atoms with Crippen molar-refractivity contribution in [3.05, 3.63) is 65.9 Å². The summed E-state index contributed by atoms with van der Waals surface area (Å²) < 4.78 is 7.49. The highest BCUT2D eigenvalue weighted by Crippen LogP contribution is 2.22. The Morgan fingerprint density at radius 1 is 1.17 bits per heavy atom. The van der Waals surface area contributed by atoms with E-state index in [-0.39, 0.29) is 12.5 Å². The van der Waals surface area contributed by atoms with E-state index in [0.717, 1.165) is 22.2 Å². The van der Waals surface area contributed by atoms with Gasteiger partial charge in [0, 0.05) is 29.2 Å². The molecule has 3 rings (SSSR count). The quantitative estimate of drug-likeness (QED) is 0.580. The molecule has 0 atom stereocenters. The summed E-state index contributed by atoms with van der Waals surface area (Å²) in [6, 6.07) is 17.3. The van der Waals surface area contributed by atoms with E-state index in [1.165, 1.54) is 0 Å². The molecule has 5 nitrogen and oxygen atoms in total. The van der Waals surface area contributed by atoms with Gasteiger partial charge in [0.2, 0.25) is 0 Å². The number of benzene rings is 2. The molecule has 0 spiro atoms. The van der Waals surface area contributed by atoms with E-state index in [0.29, 0.717) is 5.75 Å². The number of aromatic nitrogens is 1. The monoisotopic (exact) mass is 321 g/mol. The zero-order valence-corrected chi connectivity index (χ0v) is 13.7. The Morgan fingerprint density at radius 3 is 2.67 bits per heavy atom. The number of nitrogens with zero attached hydrogens (tertiary/aromatic N) is 2. The Kier molecular flexibility index (Phi) is 4.61. The van der Waals surface area contributed by atoms with Gasteiger partial charge in [0.05, 0.1) is 6.21 Å². The number of carbonyl (C=O) groups excluding carboxylic acids is 1. The van der Waals surface area contributed by atoms with Crippen molar-refractivity contribution in [3.63, 3.8) is 0 Å². The van der Waals surface area contributed by atoms with E-state index in [2.05, 4.69) is 21.2 Å². The lowest BCUT2D eigenvalue weighted by Crippen LogP contribution is -2.24. The Morgan fingerprint density at radius 2 is 1.88 bits per heavy atom. The first-order valence-electron chi connectivity index (χ1n) is 7.70. The number of carbonyl (C=O) groups is 1. The van der Waals surface area contributed by atoms with Gasteiger partial charge in [0.25, 0.3) is 5.91 Å². The molecule has 122 valence electrons. The molecule has 5 heteroatoms. The van der Waals surface area contributed by atoms with Crippen molar-refractivity contribution >= 4 is 23.0 Å². The van der Waals surface area contributed by atoms with Crippen molar-refractivity contribution in [1.82, 2.24) is 9.99 Å². The van der Waals surface area contributed by atoms with Crippen LogP contribution in [0.3, 0.4) is 0 Å². The second kappa shape index (κ2) is 7.00. The summed E-state index contributed by atoms with van der Waals surface area (Å²) in [6.07, 6.45) is 1.68. The maximum atomic E-state index is 11.8. The van der Waals surface area contributed by atoms with Gasteiger partial charge in [-0.2, -0.15) is 5.10 Å². The van der Waals surface area contributed by atoms with Crippen molar-refractivity contribution < 1.29 is 9.53 Å². The fourth-order valence-corrected chi connectivity index (χ4v) is 2.58. The lowest BCUT2D eigenvalue weighted by molar-refractivity contribution is -0.123. The standard InChI is InChI=1S/C19H19N3O2/c1-14-17(16-10-6-7-11-18(16)22(14)2)12-20-21-19(23)13-24-15-8-4-3-5-9-15/h3-12H,13H2,1-2H3,(H,21,23)/b20-12-. The minimum Gasteiger partial charge on any atom is -0.484 e. The van der Waals surface area contributed by atoms with Crippen LogP contribution in [0.4, 0.5) is 0 Å². The largest absolute Gasteiger partial charge is 0.484 e. The topological polar surface area (TPSA) is 55.6 Å². The summed E-state index contributed by atoms with van der Waals surface area (Å²) in [5.41, 5.74) is 5.72. The molecule has 1 aromatic heterocycles. The maximum Gasteiger partial charge on any atom is 0.277 e. The van der Waals surface area contributed by atoms with E-state index in [1.807, 2.05) is 50.4 Å². The Bertz CT molecular complexity index is 882. The van der Waals surface area contributed by atoms with Crippen LogP contribution >= 0.6 is 0 Å². The van der Waals surface area contributed by atoms with E-state index in [1.54, 1.807) is 18.3 Å². The van der Waals surface area contributed by atoms with Crippen molar-refractivity contribution in [1.29, 1.82) is 0 Å². The van der Waals surface area contributed by atoms with E-state index in [4.69, 9.17) is 4.74 Å². The lowest BCUT2D eigenvalue weighted by Gasteiger charge is -2.04. The minimum atomic E-state index is -0.298. The average Bonchev–Trinajstić information content (AvgIpc) is 2.86. The highest BCUT2D eigenvalue weighted by molar-refractivity contribution is 6.01. The molecule has 0 bridgehead atoms. The van der Waals surface area contributed by atoms with Crippen LogP contribution in [0.15, 0.2) is 59.7 Å². The van der Waals surface area contributed by atoms with Gasteiger partial charge < -0.3 is 9.30 Å². The summed E-state index contributed by atoms with van der Waals surface area (Å²) in [6.45, 7) is 1.96.